The Morgan fingerprint density at radius 2 is 2.02 bits per heavy atom. The molecular formula is C40H44N4O7. The molecule has 2 bridgehead atoms. The molecule has 0 saturated carbocycles. The van der Waals surface area contributed by atoms with E-state index in [2.05, 4.69) is 47.3 Å². The van der Waals surface area contributed by atoms with E-state index in [0.29, 0.717) is 41.2 Å². The number of nitrogens with one attached hydrogen (secondary N) is 3. The number of dihydropyridines is 2. The van der Waals surface area contributed by atoms with Crippen LogP contribution in [0.25, 0.3) is 11.0 Å². The van der Waals surface area contributed by atoms with Crippen LogP contribution in [0.2, 0.25) is 0 Å². The summed E-state index contributed by atoms with van der Waals surface area (Å²) >= 11 is 0. The third kappa shape index (κ3) is 5.16. The number of aliphatic hydroxyl groups excluding tert-OH is 1. The van der Waals surface area contributed by atoms with Crippen LogP contribution >= 0.6 is 0 Å². The van der Waals surface area contributed by atoms with E-state index in [0.717, 1.165) is 47.3 Å². The highest BCUT2D eigenvalue weighted by atomic mass is 16.6. The number of rotatable bonds is 5. The van der Waals surface area contributed by atoms with Gasteiger partial charge in [0.05, 0.1) is 6.17 Å². The minimum absolute atomic E-state index is 0.00360. The highest BCUT2D eigenvalue weighted by Crippen LogP contribution is 2.57. The summed E-state index contributed by atoms with van der Waals surface area (Å²) in [5, 5.41) is 32.3. The molecule has 8 rings (SSSR count). The smallest absolute Gasteiger partial charge is 0.333 e. The number of aliphatic hydroxyl groups is 1. The van der Waals surface area contributed by atoms with Crippen LogP contribution in [0.4, 0.5) is 0 Å². The third-order valence-corrected chi connectivity index (χ3v) is 11.5. The predicted molar refractivity (Wildman–Crippen MR) is 192 cm³/mol. The van der Waals surface area contributed by atoms with Crippen molar-refractivity contribution in [1.82, 2.24) is 16.0 Å². The van der Waals surface area contributed by atoms with Gasteiger partial charge in [-0.3, -0.25) is 10.1 Å². The maximum absolute atomic E-state index is 13.6. The molecule has 0 radical (unpaired) electrons. The molecule has 0 fully saturated rings. The first kappa shape index (κ1) is 33.2. The number of phenols is 1. The quantitative estimate of drug-likeness (QED) is 0.196. The van der Waals surface area contributed by atoms with Crippen LogP contribution in [0.15, 0.2) is 96.2 Å². The van der Waals surface area contributed by atoms with Gasteiger partial charge in [0.2, 0.25) is 0 Å². The Morgan fingerprint density at radius 1 is 1.20 bits per heavy atom. The van der Waals surface area contributed by atoms with Gasteiger partial charge in [-0.2, -0.15) is 0 Å². The molecule has 2 aromatic rings. The second kappa shape index (κ2) is 12.3. The van der Waals surface area contributed by atoms with Gasteiger partial charge in [-0.05, 0) is 80.5 Å². The van der Waals surface area contributed by atoms with Crippen LogP contribution in [0.5, 0.6) is 11.5 Å². The molecule has 6 aliphatic rings. The van der Waals surface area contributed by atoms with Crippen molar-refractivity contribution in [3.05, 3.63) is 114 Å². The Balaban J connectivity index is 1.43. The van der Waals surface area contributed by atoms with Crippen LogP contribution in [0.3, 0.4) is 0 Å². The zero-order valence-corrected chi connectivity index (χ0v) is 29.4. The first-order valence-corrected chi connectivity index (χ1v) is 17.8. The van der Waals surface area contributed by atoms with Crippen LogP contribution in [0, 0.1) is 5.92 Å². The molecule has 0 spiro atoms. The van der Waals surface area contributed by atoms with E-state index in [4.69, 9.17) is 19.6 Å². The van der Waals surface area contributed by atoms with Crippen molar-refractivity contribution in [1.29, 1.82) is 0 Å². The lowest BCUT2D eigenvalue weighted by molar-refractivity contribution is -0.162. The number of carbonyl (C=O) groups excluding carboxylic acids is 1. The SMILES string of the molecule is C/C=C(/C)C(=O)O[C@@H]1Cc2c3c(c4oc(CO)cc(=O)c4c2O)CC2=CCNC(N)=C2C2=CCC4=C2[C@H](CC2=CNC(NCC)C=C2C4)[C@]1(C)O3. The van der Waals surface area contributed by atoms with Gasteiger partial charge >= 0.3 is 5.97 Å². The Labute approximate surface area is 295 Å². The number of hydrogen-bond acceptors (Lipinski definition) is 11. The minimum atomic E-state index is -1.15. The molecule has 51 heavy (non-hydrogen) atoms. The molecule has 0 saturated heterocycles. The third-order valence-electron chi connectivity index (χ3n) is 11.5. The summed E-state index contributed by atoms with van der Waals surface area (Å²) < 4.78 is 19.9. The van der Waals surface area contributed by atoms with Crippen LogP contribution in [0.1, 0.15) is 63.8 Å². The van der Waals surface area contributed by atoms with Crippen LogP contribution < -0.4 is 31.8 Å². The number of fused-ring (bicyclic) bond motifs is 7. The molecule has 1 unspecified atom stereocenters. The number of phenolic OH excluding ortho intramolecular Hbond substituents is 1. The number of esters is 1. The molecule has 1 aromatic carbocycles. The second-order valence-corrected chi connectivity index (χ2v) is 14.3. The molecule has 11 nitrogen and oxygen atoms in total. The first-order chi connectivity index (χ1) is 24.6. The Hall–Kier alpha value is -5.00. The van der Waals surface area contributed by atoms with Gasteiger partial charge in [0, 0.05) is 59.8 Å². The molecule has 0 amide bonds. The zero-order valence-electron chi connectivity index (χ0n) is 29.4. The van der Waals surface area contributed by atoms with Gasteiger partial charge in [0.25, 0.3) is 0 Å². The van der Waals surface area contributed by atoms with Crippen LogP contribution in [-0.2, 0) is 29.0 Å². The average molecular weight is 693 g/mol. The molecule has 11 heteroatoms. The predicted octanol–water partition coefficient (Wildman–Crippen LogP) is 4.20. The van der Waals surface area contributed by atoms with Crippen molar-refractivity contribution in [2.75, 3.05) is 13.1 Å². The fourth-order valence-electron chi connectivity index (χ4n) is 8.71. The van der Waals surface area contributed by atoms with Crippen molar-refractivity contribution in [2.45, 2.75) is 84.3 Å². The van der Waals surface area contributed by atoms with E-state index in [1.54, 1.807) is 19.9 Å². The van der Waals surface area contributed by atoms with E-state index in [1.165, 1.54) is 17.2 Å². The lowest BCUT2D eigenvalue weighted by atomic mass is 9.69. The van der Waals surface area contributed by atoms with E-state index < -0.39 is 29.7 Å². The van der Waals surface area contributed by atoms with Crippen molar-refractivity contribution in [3.63, 3.8) is 0 Å². The summed E-state index contributed by atoms with van der Waals surface area (Å²) in [7, 11) is 0. The molecule has 2 aliphatic carbocycles. The lowest BCUT2D eigenvalue weighted by Crippen LogP contribution is -2.57. The van der Waals surface area contributed by atoms with Gasteiger partial charge in [-0.1, -0.05) is 30.7 Å². The summed E-state index contributed by atoms with van der Waals surface area (Å²) in [5.74, 6) is -0.0626. The maximum atomic E-state index is 13.6. The summed E-state index contributed by atoms with van der Waals surface area (Å²) in [6.45, 7) is 8.41. The van der Waals surface area contributed by atoms with Gasteiger partial charge in [-0.25, -0.2) is 4.79 Å². The van der Waals surface area contributed by atoms with E-state index >= 15 is 0 Å². The van der Waals surface area contributed by atoms with E-state index in [-0.39, 0.29) is 47.4 Å². The van der Waals surface area contributed by atoms with Gasteiger partial charge in [0.1, 0.15) is 46.8 Å². The number of benzene rings is 1. The number of nitrogens with two attached hydrogens (primary N) is 1. The first-order valence-electron chi connectivity index (χ1n) is 17.8. The summed E-state index contributed by atoms with van der Waals surface area (Å²) in [6.07, 6.45) is 12.0. The van der Waals surface area contributed by atoms with E-state index in [9.17, 15) is 19.8 Å². The summed E-state index contributed by atoms with van der Waals surface area (Å²) in [5.41, 5.74) is 14.4. The molecule has 1 aromatic heterocycles. The number of hydrogen-bond donors (Lipinski definition) is 6. The van der Waals surface area contributed by atoms with Crippen LogP contribution in [-0.4, -0.2) is 47.1 Å². The van der Waals surface area contributed by atoms with E-state index in [1.807, 2.05) is 6.92 Å². The molecule has 5 heterocycles. The zero-order chi connectivity index (χ0) is 35.8. The fourth-order valence-corrected chi connectivity index (χ4v) is 8.71. The van der Waals surface area contributed by atoms with Crippen molar-refractivity contribution < 1.29 is 28.9 Å². The van der Waals surface area contributed by atoms with Gasteiger partial charge in [0.15, 0.2) is 11.0 Å². The summed E-state index contributed by atoms with van der Waals surface area (Å²) in [4.78, 5) is 27.2. The molecule has 4 aliphatic heterocycles. The Morgan fingerprint density at radius 3 is 2.78 bits per heavy atom. The number of allylic oxidation sites excluding steroid dienone is 8. The highest BCUT2D eigenvalue weighted by Gasteiger charge is 2.55. The summed E-state index contributed by atoms with van der Waals surface area (Å²) in [6, 6.07) is 1.19. The molecule has 4 atom stereocenters. The minimum Gasteiger partial charge on any atom is -0.507 e. The fraction of sp³-hybridized carbons (Fsp3) is 0.400. The number of carbonyl (C=O) groups is 1. The number of ether oxygens (including phenoxy) is 2. The Bertz CT molecular complexity index is 2180. The van der Waals surface area contributed by atoms with Gasteiger partial charge in [-0.15, -0.1) is 0 Å². The highest BCUT2D eigenvalue weighted by molar-refractivity contribution is 5.92. The second-order valence-electron chi connectivity index (χ2n) is 14.3. The molecule has 266 valence electrons. The standard InChI is InChI=1S/C40H44N4O7/c1-5-19(3)39(48)50-30-16-26-35(47)34-29(46)15-24(18-45)49-37(34)27-12-21-9-10-43-38(41)33(21)25-8-7-20-11-22-14-31(42-6-2)44-17-23(22)13-28(32(20)25)40(30,4)51-36(26)27/h5,8-9,14-15,17,28,30-31,42-45,47H,6-7,10-13,16,18,41H2,1-4H3/b19-5-/t28-,30+,31?,40-/m0/s1. The largest absolute Gasteiger partial charge is 0.507 e. The average Bonchev–Trinajstić information content (AvgIpc) is 3.43. The topological polar surface area (TPSA) is 168 Å². The monoisotopic (exact) mass is 692 g/mol. The van der Waals surface area contributed by atoms with Crippen molar-refractivity contribution in [2.24, 2.45) is 11.7 Å². The maximum Gasteiger partial charge on any atom is 0.333 e. The van der Waals surface area contributed by atoms with Crippen molar-refractivity contribution in [3.8, 4) is 11.5 Å². The Kier molecular flexibility index (Phi) is 8.03. The number of likely N-dealkylation sites (N-methyl/N-ethyl adjacent to an activating group) is 1. The van der Waals surface area contributed by atoms with Crippen molar-refractivity contribution >= 4 is 16.9 Å². The number of aromatic hydroxyl groups is 1. The normalized spacial score (nSPS) is 26.6. The molecular weight excluding hydrogens is 648 g/mol. The van der Waals surface area contributed by atoms with Gasteiger partial charge < -0.3 is 40.5 Å². The molecule has 7 N–H and O–H groups in total. The lowest BCUT2D eigenvalue weighted by Gasteiger charge is -2.48.